The maximum absolute atomic E-state index is 11.8. The van der Waals surface area contributed by atoms with Crippen molar-refractivity contribution in [3.8, 4) is 5.75 Å². The fraction of sp³-hybridized carbons (Fsp3) is 0.467. The number of hydrogen-bond acceptors (Lipinski definition) is 3. The van der Waals surface area contributed by atoms with Crippen molar-refractivity contribution in [2.75, 3.05) is 11.9 Å². The van der Waals surface area contributed by atoms with Gasteiger partial charge in [0, 0.05) is 11.7 Å². The van der Waals surface area contributed by atoms with E-state index in [-0.39, 0.29) is 18.7 Å². The summed E-state index contributed by atoms with van der Waals surface area (Å²) in [6.07, 6.45) is 0.997. The standard InChI is InChI=1S/C15H22N2O4/c1-4-10(2)11(3)16-15(20)17-12-5-7-13(8-6-12)21-9-14(18)19/h5-8,10-11H,4,9H2,1-3H3,(H,18,19)(H2,16,17,20). The smallest absolute Gasteiger partial charge is 0.341 e. The Balaban J connectivity index is 2.47. The summed E-state index contributed by atoms with van der Waals surface area (Å²) in [4.78, 5) is 22.2. The molecule has 0 aliphatic carbocycles. The van der Waals surface area contributed by atoms with Crippen molar-refractivity contribution in [1.82, 2.24) is 5.32 Å². The average molecular weight is 294 g/mol. The molecule has 6 nitrogen and oxygen atoms in total. The monoisotopic (exact) mass is 294 g/mol. The Hall–Kier alpha value is -2.24. The van der Waals surface area contributed by atoms with E-state index in [2.05, 4.69) is 24.5 Å². The van der Waals surface area contributed by atoms with Gasteiger partial charge in [-0.15, -0.1) is 0 Å². The van der Waals surface area contributed by atoms with Crippen molar-refractivity contribution in [2.24, 2.45) is 5.92 Å². The van der Waals surface area contributed by atoms with Crippen LogP contribution in [0.3, 0.4) is 0 Å². The zero-order valence-electron chi connectivity index (χ0n) is 12.6. The molecule has 0 aliphatic rings. The molecule has 0 heterocycles. The normalized spacial score (nSPS) is 13.1. The number of carbonyl (C=O) groups is 2. The maximum Gasteiger partial charge on any atom is 0.341 e. The number of ether oxygens (including phenoxy) is 1. The van der Waals surface area contributed by atoms with E-state index in [1.54, 1.807) is 24.3 Å². The van der Waals surface area contributed by atoms with Crippen LogP contribution in [-0.4, -0.2) is 29.8 Å². The molecule has 3 N–H and O–H groups in total. The van der Waals surface area contributed by atoms with E-state index in [1.165, 1.54) is 0 Å². The van der Waals surface area contributed by atoms with Crippen LogP contribution in [0.2, 0.25) is 0 Å². The van der Waals surface area contributed by atoms with E-state index in [0.717, 1.165) is 6.42 Å². The zero-order valence-corrected chi connectivity index (χ0v) is 12.6. The molecule has 1 aromatic rings. The molecule has 1 rings (SSSR count). The lowest BCUT2D eigenvalue weighted by atomic mass is 10.0. The van der Waals surface area contributed by atoms with Gasteiger partial charge in [-0.3, -0.25) is 0 Å². The Morgan fingerprint density at radius 2 is 1.86 bits per heavy atom. The van der Waals surface area contributed by atoms with Crippen molar-refractivity contribution in [1.29, 1.82) is 0 Å². The number of urea groups is 1. The molecule has 0 fully saturated rings. The number of rotatable bonds is 7. The number of nitrogens with one attached hydrogen (secondary N) is 2. The summed E-state index contributed by atoms with van der Waals surface area (Å²) in [5.41, 5.74) is 0.617. The molecule has 1 aromatic carbocycles. The molecular formula is C15H22N2O4. The first-order valence-corrected chi connectivity index (χ1v) is 6.94. The SMILES string of the molecule is CCC(C)C(C)NC(=O)Nc1ccc(OCC(=O)O)cc1. The van der Waals surface area contributed by atoms with Gasteiger partial charge in [0.2, 0.25) is 0 Å². The Labute approximate surface area is 124 Å². The highest BCUT2D eigenvalue weighted by Gasteiger charge is 2.12. The molecule has 0 aliphatic heterocycles. The lowest BCUT2D eigenvalue weighted by Gasteiger charge is -2.20. The van der Waals surface area contributed by atoms with Crippen molar-refractivity contribution < 1.29 is 19.4 Å². The lowest BCUT2D eigenvalue weighted by molar-refractivity contribution is -0.139. The van der Waals surface area contributed by atoms with Crippen molar-refractivity contribution in [3.63, 3.8) is 0 Å². The third-order valence-electron chi connectivity index (χ3n) is 3.33. The first-order valence-electron chi connectivity index (χ1n) is 6.94. The molecule has 6 heteroatoms. The Bertz CT molecular complexity index is 473. The predicted molar refractivity (Wildman–Crippen MR) is 80.6 cm³/mol. The number of carboxylic acids is 1. The highest BCUT2D eigenvalue weighted by Crippen LogP contribution is 2.15. The molecule has 21 heavy (non-hydrogen) atoms. The average Bonchev–Trinajstić information content (AvgIpc) is 2.45. The zero-order chi connectivity index (χ0) is 15.8. The van der Waals surface area contributed by atoms with Crippen molar-refractivity contribution in [3.05, 3.63) is 24.3 Å². The molecule has 0 spiro atoms. The van der Waals surface area contributed by atoms with Gasteiger partial charge in [0.1, 0.15) is 5.75 Å². The molecule has 0 saturated heterocycles. The van der Waals surface area contributed by atoms with Crippen LogP contribution in [0.4, 0.5) is 10.5 Å². The van der Waals surface area contributed by atoms with Gasteiger partial charge in [0.25, 0.3) is 0 Å². The van der Waals surface area contributed by atoms with E-state index in [4.69, 9.17) is 9.84 Å². The van der Waals surface area contributed by atoms with E-state index in [0.29, 0.717) is 17.4 Å². The van der Waals surface area contributed by atoms with Gasteiger partial charge in [-0.25, -0.2) is 9.59 Å². The highest BCUT2D eigenvalue weighted by atomic mass is 16.5. The highest BCUT2D eigenvalue weighted by molar-refractivity contribution is 5.89. The molecule has 0 aromatic heterocycles. The van der Waals surface area contributed by atoms with E-state index < -0.39 is 5.97 Å². The third-order valence-corrected chi connectivity index (χ3v) is 3.33. The fourth-order valence-electron chi connectivity index (χ4n) is 1.65. The number of amides is 2. The molecule has 2 amide bonds. The van der Waals surface area contributed by atoms with Crippen LogP contribution in [0.25, 0.3) is 0 Å². The quantitative estimate of drug-likeness (QED) is 0.721. The van der Waals surface area contributed by atoms with Crippen LogP contribution in [0.15, 0.2) is 24.3 Å². The minimum atomic E-state index is -1.03. The van der Waals surface area contributed by atoms with Crippen LogP contribution in [0, 0.1) is 5.92 Å². The topological polar surface area (TPSA) is 87.7 Å². The summed E-state index contributed by atoms with van der Waals surface area (Å²) in [5.74, 6) is -0.186. The van der Waals surface area contributed by atoms with Gasteiger partial charge in [0.15, 0.2) is 6.61 Å². The molecule has 2 unspecified atom stereocenters. The lowest BCUT2D eigenvalue weighted by Crippen LogP contribution is -2.39. The van der Waals surface area contributed by atoms with E-state index in [1.807, 2.05) is 6.92 Å². The van der Waals surface area contributed by atoms with Gasteiger partial charge in [0.05, 0.1) is 0 Å². The summed E-state index contributed by atoms with van der Waals surface area (Å²) in [7, 11) is 0. The molecule has 116 valence electrons. The summed E-state index contributed by atoms with van der Waals surface area (Å²) in [5, 5.41) is 14.1. The minimum absolute atomic E-state index is 0.0909. The summed E-state index contributed by atoms with van der Waals surface area (Å²) >= 11 is 0. The Morgan fingerprint density at radius 1 is 1.24 bits per heavy atom. The number of carboxylic acid groups (broad SMARTS) is 1. The fourth-order valence-corrected chi connectivity index (χ4v) is 1.65. The van der Waals surface area contributed by atoms with E-state index in [9.17, 15) is 9.59 Å². The molecule has 0 saturated carbocycles. The maximum atomic E-state index is 11.8. The molecule has 0 radical (unpaired) electrons. The second-order valence-electron chi connectivity index (χ2n) is 4.98. The second kappa shape index (κ2) is 8.14. The van der Waals surface area contributed by atoms with Crippen molar-refractivity contribution >= 4 is 17.7 Å². The number of anilines is 1. The Morgan fingerprint density at radius 3 is 2.38 bits per heavy atom. The van der Waals surface area contributed by atoms with Crippen LogP contribution in [-0.2, 0) is 4.79 Å². The summed E-state index contributed by atoms with van der Waals surface area (Å²) in [6.45, 7) is 5.74. The molecular weight excluding hydrogens is 272 g/mol. The largest absolute Gasteiger partial charge is 0.482 e. The number of aliphatic carboxylic acids is 1. The minimum Gasteiger partial charge on any atom is -0.482 e. The Kier molecular flexibility index (Phi) is 6.52. The van der Waals surface area contributed by atoms with Gasteiger partial charge in [-0.1, -0.05) is 20.3 Å². The van der Waals surface area contributed by atoms with Gasteiger partial charge in [-0.05, 0) is 37.1 Å². The van der Waals surface area contributed by atoms with Gasteiger partial charge in [-0.2, -0.15) is 0 Å². The van der Waals surface area contributed by atoms with Crippen LogP contribution in [0.5, 0.6) is 5.75 Å². The summed E-state index contributed by atoms with van der Waals surface area (Å²) < 4.78 is 5.01. The first-order chi connectivity index (χ1) is 9.92. The van der Waals surface area contributed by atoms with Crippen molar-refractivity contribution in [2.45, 2.75) is 33.2 Å². The second-order valence-corrected chi connectivity index (χ2v) is 4.98. The van der Waals surface area contributed by atoms with Crippen LogP contribution >= 0.6 is 0 Å². The van der Waals surface area contributed by atoms with Gasteiger partial charge < -0.3 is 20.5 Å². The summed E-state index contributed by atoms with van der Waals surface area (Å²) in [6, 6.07) is 6.36. The number of carbonyl (C=O) groups excluding carboxylic acids is 1. The molecule has 2 atom stereocenters. The van der Waals surface area contributed by atoms with Crippen LogP contribution in [0.1, 0.15) is 27.2 Å². The molecule has 0 bridgehead atoms. The third kappa shape index (κ3) is 6.16. The van der Waals surface area contributed by atoms with E-state index >= 15 is 0 Å². The van der Waals surface area contributed by atoms with Gasteiger partial charge >= 0.3 is 12.0 Å². The first kappa shape index (κ1) is 16.8. The predicted octanol–water partition coefficient (Wildman–Crippen LogP) is 2.71. The number of hydrogen-bond donors (Lipinski definition) is 3. The van der Waals surface area contributed by atoms with Crippen LogP contribution < -0.4 is 15.4 Å². The number of benzene rings is 1.